The van der Waals surface area contributed by atoms with Crippen LogP contribution in [0.3, 0.4) is 0 Å². The second kappa shape index (κ2) is 4.00. The van der Waals surface area contributed by atoms with Crippen molar-refractivity contribution in [2.75, 3.05) is 0 Å². The van der Waals surface area contributed by atoms with Crippen LogP contribution < -0.4 is 0 Å². The number of ketones is 2. The third kappa shape index (κ3) is 1.32. The highest BCUT2D eigenvalue weighted by Gasteiger charge is 2.43. The molecular formula is C19H10N2O2. The SMILES string of the molecule is [N-]=[N+]=C1c2ccccc2-c2c1c1c(c3c2C(=O)CC3=O)C=CC1. The predicted molar refractivity (Wildman–Crippen MR) is 84.7 cm³/mol. The Morgan fingerprint density at radius 2 is 1.65 bits per heavy atom. The minimum atomic E-state index is -0.140. The number of carbonyl (C=O) groups excluding carboxylic acids is 2. The largest absolute Gasteiger partial charge is 0.361 e. The maximum atomic E-state index is 12.5. The molecule has 0 N–H and O–H groups in total. The molecule has 0 unspecified atom stereocenters. The number of allylic oxidation sites excluding steroid dienone is 1. The van der Waals surface area contributed by atoms with Gasteiger partial charge in [-0.25, -0.2) is 0 Å². The van der Waals surface area contributed by atoms with E-state index in [2.05, 4.69) is 4.79 Å². The van der Waals surface area contributed by atoms with Crippen molar-refractivity contribution in [2.24, 2.45) is 0 Å². The predicted octanol–water partition coefficient (Wildman–Crippen LogP) is 3.07. The third-order valence-corrected chi connectivity index (χ3v) is 4.92. The van der Waals surface area contributed by atoms with Gasteiger partial charge in [0.05, 0.1) is 17.5 Å². The molecular weight excluding hydrogens is 288 g/mol. The first-order valence-electron chi connectivity index (χ1n) is 7.50. The molecule has 23 heavy (non-hydrogen) atoms. The summed E-state index contributed by atoms with van der Waals surface area (Å²) in [5.41, 5.74) is 16.2. The molecule has 0 radical (unpaired) electrons. The van der Waals surface area contributed by atoms with Gasteiger partial charge in [-0.3, -0.25) is 9.59 Å². The first kappa shape index (κ1) is 12.4. The summed E-state index contributed by atoms with van der Waals surface area (Å²) < 4.78 is 0. The first-order chi connectivity index (χ1) is 11.2. The van der Waals surface area contributed by atoms with Gasteiger partial charge in [-0.15, -0.1) is 0 Å². The Morgan fingerprint density at radius 3 is 2.43 bits per heavy atom. The average Bonchev–Trinajstić information content (AvgIpc) is 3.21. The number of hydrogen-bond acceptors (Lipinski definition) is 2. The van der Waals surface area contributed by atoms with Crippen molar-refractivity contribution in [3.05, 3.63) is 69.3 Å². The number of Topliss-reactive ketones (excluding diaryl/α,β-unsaturated/α-hetero) is 2. The van der Waals surface area contributed by atoms with Crippen LogP contribution in [0.1, 0.15) is 49.4 Å². The minimum Gasteiger partial charge on any atom is -0.361 e. The van der Waals surface area contributed by atoms with Crippen LogP contribution in [-0.2, 0) is 6.42 Å². The Kier molecular flexibility index (Phi) is 2.17. The van der Waals surface area contributed by atoms with Crippen LogP contribution in [0.25, 0.3) is 22.7 Å². The summed E-state index contributed by atoms with van der Waals surface area (Å²) in [5, 5.41) is 0. The average molecular weight is 298 g/mol. The van der Waals surface area contributed by atoms with Crippen LogP contribution >= 0.6 is 0 Å². The van der Waals surface area contributed by atoms with Crippen molar-refractivity contribution < 1.29 is 14.4 Å². The Hall–Kier alpha value is -3.10. The van der Waals surface area contributed by atoms with Crippen molar-refractivity contribution in [3.8, 4) is 11.1 Å². The van der Waals surface area contributed by atoms with E-state index in [0.717, 1.165) is 33.4 Å². The van der Waals surface area contributed by atoms with Crippen molar-refractivity contribution in [1.82, 2.24) is 0 Å². The van der Waals surface area contributed by atoms with E-state index in [9.17, 15) is 15.1 Å². The molecule has 2 aromatic rings. The maximum absolute atomic E-state index is 12.5. The number of benzene rings is 2. The zero-order valence-electron chi connectivity index (χ0n) is 12.1. The second-order valence-corrected chi connectivity index (χ2v) is 6.02. The lowest BCUT2D eigenvalue weighted by atomic mass is 9.88. The van der Waals surface area contributed by atoms with Gasteiger partial charge in [0, 0.05) is 16.7 Å². The van der Waals surface area contributed by atoms with Crippen LogP contribution in [0.4, 0.5) is 0 Å². The molecule has 4 nitrogen and oxygen atoms in total. The standard InChI is InChI=1S/C19H10N2O2/c20-21-19-12-5-2-1-4-11(12)16-17(19)10-7-3-6-9(10)15-13(22)8-14(23)18(15)16/h1-6H,7-8H2. The summed E-state index contributed by atoms with van der Waals surface area (Å²) in [6, 6.07) is 7.56. The van der Waals surface area contributed by atoms with Crippen molar-refractivity contribution in [3.63, 3.8) is 0 Å². The van der Waals surface area contributed by atoms with Crippen LogP contribution in [0.2, 0.25) is 0 Å². The maximum Gasteiger partial charge on any atom is 0.331 e. The molecule has 0 aromatic heterocycles. The zero-order valence-corrected chi connectivity index (χ0v) is 12.1. The van der Waals surface area contributed by atoms with Crippen molar-refractivity contribution in [1.29, 1.82) is 0 Å². The van der Waals surface area contributed by atoms with Gasteiger partial charge in [0.2, 0.25) is 0 Å². The summed E-state index contributed by atoms with van der Waals surface area (Å²) in [7, 11) is 0. The Balaban J connectivity index is 2.05. The topological polar surface area (TPSA) is 70.5 Å². The highest BCUT2D eigenvalue weighted by molar-refractivity contribution is 6.33. The molecule has 0 saturated heterocycles. The molecule has 0 saturated carbocycles. The highest BCUT2D eigenvalue weighted by Crippen LogP contribution is 2.47. The highest BCUT2D eigenvalue weighted by atomic mass is 16.2. The normalized spacial score (nSPS) is 16.3. The number of carbonyl (C=O) groups is 2. The monoisotopic (exact) mass is 298 g/mol. The number of hydrogen-bond donors (Lipinski definition) is 0. The quantitative estimate of drug-likeness (QED) is 0.363. The molecule has 5 rings (SSSR count). The lowest BCUT2D eigenvalue weighted by Crippen LogP contribution is -2.08. The Labute approximate surface area is 131 Å². The van der Waals surface area contributed by atoms with Gasteiger partial charge < -0.3 is 5.53 Å². The van der Waals surface area contributed by atoms with E-state index in [1.807, 2.05) is 36.4 Å². The van der Waals surface area contributed by atoms with Crippen LogP contribution in [0.5, 0.6) is 0 Å². The first-order valence-corrected chi connectivity index (χ1v) is 7.50. The van der Waals surface area contributed by atoms with Crippen LogP contribution in [-0.4, -0.2) is 22.1 Å². The molecule has 0 amide bonds. The van der Waals surface area contributed by atoms with Crippen LogP contribution in [0, 0.1) is 0 Å². The van der Waals surface area contributed by atoms with Gasteiger partial charge in [0.15, 0.2) is 11.6 Å². The summed E-state index contributed by atoms with van der Waals surface area (Å²) in [6.07, 6.45) is 4.50. The fraction of sp³-hybridized carbons (Fsp3) is 0.105. The lowest BCUT2D eigenvalue weighted by molar-refractivity contribution is -0.00248. The third-order valence-electron chi connectivity index (χ3n) is 4.92. The van der Waals surface area contributed by atoms with Gasteiger partial charge in [-0.1, -0.05) is 30.4 Å². The smallest absolute Gasteiger partial charge is 0.331 e. The van der Waals surface area contributed by atoms with E-state index in [1.54, 1.807) is 0 Å². The zero-order chi connectivity index (χ0) is 15.7. The van der Waals surface area contributed by atoms with Crippen molar-refractivity contribution >= 4 is 23.4 Å². The van der Waals surface area contributed by atoms with E-state index >= 15 is 0 Å². The molecule has 3 aliphatic carbocycles. The summed E-state index contributed by atoms with van der Waals surface area (Å²) >= 11 is 0. The van der Waals surface area contributed by atoms with E-state index in [0.29, 0.717) is 23.3 Å². The van der Waals surface area contributed by atoms with Gasteiger partial charge in [0.25, 0.3) is 0 Å². The molecule has 4 heteroatoms. The Morgan fingerprint density at radius 1 is 0.913 bits per heavy atom. The van der Waals surface area contributed by atoms with Gasteiger partial charge >= 0.3 is 5.71 Å². The van der Waals surface area contributed by atoms with E-state index in [1.165, 1.54) is 0 Å². The van der Waals surface area contributed by atoms with E-state index in [4.69, 9.17) is 0 Å². The molecule has 0 bridgehead atoms. The summed E-state index contributed by atoms with van der Waals surface area (Å²) in [6.45, 7) is 0. The molecule has 0 heterocycles. The van der Waals surface area contributed by atoms with Gasteiger partial charge in [-0.2, -0.15) is 4.79 Å². The fourth-order valence-electron chi connectivity index (χ4n) is 4.08. The second-order valence-electron chi connectivity index (χ2n) is 6.02. The number of fused-ring (bicyclic) bond motifs is 8. The van der Waals surface area contributed by atoms with Gasteiger partial charge in [0.1, 0.15) is 0 Å². The van der Waals surface area contributed by atoms with Gasteiger partial charge in [-0.05, 0) is 29.2 Å². The molecule has 108 valence electrons. The molecule has 3 aliphatic rings. The molecule has 0 spiro atoms. The Bertz CT molecular complexity index is 1050. The van der Waals surface area contributed by atoms with E-state index < -0.39 is 0 Å². The number of rotatable bonds is 0. The summed E-state index contributed by atoms with van der Waals surface area (Å²) in [5.74, 6) is -0.249. The molecule has 2 aromatic carbocycles. The lowest BCUT2D eigenvalue weighted by Gasteiger charge is -2.11. The molecule has 0 aliphatic heterocycles. The summed E-state index contributed by atoms with van der Waals surface area (Å²) in [4.78, 5) is 28.4. The van der Waals surface area contributed by atoms with Crippen molar-refractivity contribution in [2.45, 2.75) is 12.8 Å². The van der Waals surface area contributed by atoms with Crippen LogP contribution in [0.15, 0.2) is 30.3 Å². The van der Waals surface area contributed by atoms with E-state index in [-0.39, 0.29) is 18.0 Å². The molecule has 0 atom stereocenters. The molecule has 0 fully saturated rings. The number of nitrogens with zero attached hydrogens (tertiary/aromatic N) is 2. The fourth-order valence-corrected chi connectivity index (χ4v) is 4.08. The minimum absolute atomic E-state index is 0.0696.